The lowest BCUT2D eigenvalue weighted by atomic mass is 10.2. The van der Waals surface area contributed by atoms with E-state index in [9.17, 15) is 18.4 Å². The summed E-state index contributed by atoms with van der Waals surface area (Å²) < 4.78 is 28.7. The number of halogens is 4. The van der Waals surface area contributed by atoms with Crippen molar-refractivity contribution in [3.63, 3.8) is 0 Å². The number of carbonyl (C=O) groups excluding carboxylic acids is 2. The molecule has 0 radical (unpaired) electrons. The molecule has 2 rings (SSSR count). The molecule has 2 aromatic rings. The Labute approximate surface area is 189 Å². The first-order chi connectivity index (χ1) is 14.8. The van der Waals surface area contributed by atoms with Gasteiger partial charge in [-0.1, -0.05) is 42.3 Å². The van der Waals surface area contributed by atoms with E-state index >= 15 is 0 Å². The second-order valence-corrected chi connectivity index (χ2v) is 7.53. The summed E-state index contributed by atoms with van der Waals surface area (Å²) in [6.07, 6.45) is 0.758. The van der Waals surface area contributed by atoms with Gasteiger partial charge in [0.2, 0.25) is 11.8 Å². The van der Waals surface area contributed by atoms with Crippen LogP contribution in [-0.2, 0) is 16.1 Å². The molecule has 0 aromatic heterocycles. The average molecular weight is 474 g/mol. The van der Waals surface area contributed by atoms with E-state index in [1.54, 1.807) is 29.2 Å². The fraction of sp³-hybridized carbons (Fsp3) is 0.333. The highest BCUT2D eigenvalue weighted by molar-refractivity contribution is 6.36. The quantitative estimate of drug-likeness (QED) is 0.501. The van der Waals surface area contributed by atoms with Crippen LogP contribution in [0.5, 0.6) is 5.75 Å². The maximum absolute atomic E-state index is 12.4. The summed E-state index contributed by atoms with van der Waals surface area (Å²) in [5, 5.41) is 6.24. The minimum Gasteiger partial charge on any atom is -0.435 e. The van der Waals surface area contributed by atoms with Crippen LogP contribution in [0.4, 0.5) is 14.5 Å². The summed E-state index contributed by atoms with van der Waals surface area (Å²) >= 11 is 11.9. The van der Waals surface area contributed by atoms with Crippen molar-refractivity contribution in [1.82, 2.24) is 10.2 Å². The molecule has 0 aliphatic carbocycles. The van der Waals surface area contributed by atoms with Gasteiger partial charge in [0.25, 0.3) is 0 Å². The highest BCUT2D eigenvalue weighted by Gasteiger charge is 2.15. The zero-order valence-electron chi connectivity index (χ0n) is 16.8. The molecule has 0 spiro atoms. The van der Waals surface area contributed by atoms with Crippen molar-refractivity contribution in [3.8, 4) is 5.75 Å². The summed E-state index contributed by atoms with van der Waals surface area (Å²) in [4.78, 5) is 26.4. The van der Waals surface area contributed by atoms with Gasteiger partial charge >= 0.3 is 6.61 Å². The molecule has 10 heteroatoms. The molecule has 0 aliphatic rings. The van der Waals surface area contributed by atoms with Crippen molar-refractivity contribution in [1.29, 1.82) is 0 Å². The predicted molar refractivity (Wildman–Crippen MR) is 117 cm³/mol. The average Bonchev–Trinajstić information content (AvgIpc) is 2.69. The first-order valence-electron chi connectivity index (χ1n) is 9.54. The minimum absolute atomic E-state index is 0.0138. The second-order valence-electron chi connectivity index (χ2n) is 6.68. The summed E-state index contributed by atoms with van der Waals surface area (Å²) in [5.74, 6) is -0.523. The molecule has 0 atom stereocenters. The van der Waals surface area contributed by atoms with E-state index in [0.29, 0.717) is 22.3 Å². The molecule has 0 saturated carbocycles. The smallest absolute Gasteiger partial charge is 0.387 e. The zero-order valence-corrected chi connectivity index (χ0v) is 18.4. The van der Waals surface area contributed by atoms with E-state index in [1.807, 2.05) is 6.92 Å². The normalized spacial score (nSPS) is 10.9. The van der Waals surface area contributed by atoms with Crippen molar-refractivity contribution in [2.24, 2.45) is 0 Å². The highest BCUT2D eigenvalue weighted by Crippen LogP contribution is 2.25. The number of alkyl halides is 2. The number of ether oxygens (including phenoxy) is 1. The number of carbonyl (C=O) groups is 2. The van der Waals surface area contributed by atoms with E-state index in [4.69, 9.17) is 23.2 Å². The van der Waals surface area contributed by atoms with Gasteiger partial charge in [0.05, 0.1) is 23.8 Å². The third-order valence-corrected chi connectivity index (χ3v) is 4.67. The van der Waals surface area contributed by atoms with Crippen LogP contribution in [0.25, 0.3) is 0 Å². The Morgan fingerprint density at radius 2 is 1.74 bits per heavy atom. The molecule has 0 saturated heterocycles. The predicted octanol–water partition coefficient (Wildman–Crippen LogP) is 4.56. The third kappa shape index (κ3) is 9.08. The van der Waals surface area contributed by atoms with Crippen molar-refractivity contribution in [2.75, 3.05) is 25.0 Å². The van der Waals surface area contributed by atoms with Gasteiger partial charge < -0.3 is 15.4 Å². The largest absolute Gasteiger partial charge is 0.435 e. The van der Waals surface area contributed by atoms with Crippen LogP contribution in [0.15, 0.2) is 42.5 Å². The van der Waals surface area contributed by atoms with Gasteiger partial charge in [-0.25, -0.2) is 0 Å². The van der Waals surface area contributed by atoms with E-state index in [0.717, 1.165) is 12.0 Å². The number of nitrogens with zero attached hydrogens (tertiary/aromatic N) is 1. The van der Waals surface area contributed by atoms with Crippen LogP contribution in [0, 0.1) is 0 Å². The maximum atomic E-state index is 12.4. The summed E-state index contributed by atoms with van der Waals surface area (Å²) in [6, 6.07) is 10.7. The van der Waals surface area contributed by atoms with Crippen LogP contribution in [0.3, 0.4) is 0 Å². The number of anilines is 1. The highest BCUT2D eigenvalue weighted by atomic mass is 35.5. The van der Waals surface area contributed by atoms with E-state index < -0.39 is 6.61 Å². The molecule has 0 aliphatic heterocycles. The Morgan fingerprint density at radius 3 is 2.35 bits per heavy atom. The van der Waals surface area contributed by atoms with Gasteiger partial charge in [-0.3, -0.25) is 14.5 Å². The van der Waals surface area contributed by atoms with Crippen molar-refractivity contribution < 1.29 is 23.1 Å². The Bertz CT molecular complexity index is 883. The van der Waals surface area contributed by atoms with Crippen LogP contribution in [0.1, 0.15) is 18.9 Å². The molecule has 168 valence electrons. The molecular formula is C21H23Cl2F2N3O3. The lowest BCUT2D eigenvalue weighted by molar-refractivity contribution is -0.123. The van der Waals surface area contributed by atoms with Gasteiger partial charge in [-0.2, -0.15) is 8.78 Å². The molecule has 2 aromatic carbocycles. The van der Waals surface area contributed by atoms with E-state index in [-0.39, 0.29) is 37.2 Å². The first-order valence-corrected chi connectivity index (χ1v) is 10.3. The lowest BCUT2D eigenvalue weighted by Crippen LogP contribution is -2.41. The van der Waals surface area contributed by atoms with Gasteiger partial charge in [0.1, 0.15) is 5.75 Å². The number of nitrogens with one attached hydrogen (secondary N) is 2. The lowest BCUT2D eigenvalue weighted by Gasteiger charge is -2.21. The summed E-state index contributed by atoms with van der Waals surface area (Å²) in [7, 11) is 0. The van der Waals surface area contributed by atoms with Crippen LogP contribution in [-0.4, -0.2) is 43.0 Å². The molecule has 6 nitrogen and oxygen atoms in total. The number of amides is 2. The number of hydrogen-bond donors (Lipinski definition) is 2. The van der Waals surface area contributed by atoms with Gasteiger partial charge in [0.15, 0.2) is 0 Å². The van der Waals surface area contributed by atoms with Crippen LogP contribution in [0.2, 0.25) is 10.0 Å². The number of hydrogen-bond acceptors (Lipinski definition) is 4. The molecule has 0 bridgehead atoms. The fourth-order valence-corrected chi connectivity index (χ4v) is 3.22. The molecule has 0 fully saturated rings. The SMILES string of the molecule is CCCN(CC(=O)NCc1ccc(OC(F)F)cc1)CC(=O)Nc1ccc(Cl)cc1Cl. The second kappa shape index (κ2) is 12.4. The molecule has 31 heavy (non-hydrogen) atoms. The molecule has 2 N–H and O–H groups in total. The minimum atomic E-state index is -2.89. The topological polar surface area (TPSA) is 70.7 Å². The van der Waals surface area contributed by atoms with Crippen LogP contribution < -0.4 is 15.4 Å². The Morgan fingerprint density at radius 1 is 1.06 bits per heavy atom. The Kier molecular flexibility index (Phi) is 9.97. The van der Waals surface area contributed by atoms with E-state index in [2.05, 4.69) is 15.4 Å². The maximum Gasteiger partial charge on any atom is 0.387 e. The van der Waals surface area contributed by atoms with Crippen molar-refractivity contribution in [2.45, 2.75) is 26.5 Å². The first kappa shape index (κ1) is 24.8. The molecule has 0 unspecified atom stereocenters. The Hall–Kier alpha value is -2.42. The third-order valence-electron chi connectivity index (χ3n) is 4.12. The summed E-state index contributed by atoms with van der Waals surface area (Å²) in [6.45, 7) is -0.123. The number of rotatable bonds is 11. The Balaban J connectivity index is 1.84. The van der Waals surface area contributed by atoms with Crippen molar-refractivity contribution >= 4 is 40.7 Å². The molecule has 2 amide bonds. The number of benzene rings is 2. The molecule has 0 heterocycles. The van der Waals surface area contributed by atoms with Gasteiger partial charge in [0, 0.05) is 11.6 Å². The standard InChI is InChI=1S/C21H23Cl2F2N3O3/c1-2-9-28(13-20(30)27-18-8-5-15(22)10-17(18)23)12-19(29)26-11-14-3-6-16(7-4-14)31-21(24)25/h3-8,10,21H,2,9,11-13H2,1H3,(H,26,29)(H,27,30). The zero-order chi connectivity index (χ0) is 22.8. The van der Waals surface area contributed by atoms with Gasteiger partial charge in [-0.15, -0.1) is 0 Å². The summed E-state index contributed by atoms with van der Waals surface area (Å²) in [5.41, 5.74) is 1.17. The van der Waals surface area contributed by atoms with E-state index in [1.165, 1.54) is 18.2 Å². The van der Waals surface area contributed by atoms with Crippen LogP contribution >= 0.6 is 23.2 Å². The fourth-order valence-electron chi connectivity index (χ4n) is 2.76. The monoisotopic (exact) mass is 473 g/mol. The molecular weight excluding hydrogens is 451 g/mol. The van der Waals surface area contributed by atoms with Crippen molar-refractivity contribution in [3.05, 3.63) is 58.1 Å². The van der Waals surface area contributed by atoms with Gasteiger partial charge in [-0.05, 0) is 48.9 Å².